The minimum atomic E-state index is -1.56. The van der Waals surface area contributed by atoms with Gasteiger partial charge in [0.1, 0.15) is 42.8 Å². The fraction of sp³-hybridized carbons (Fsp3) is 0.520. The van der Waals surface area contributed by atoms with Crippen LogP contribution in [0.2, 0.25) is 0 Å². The Labute approximate surface area is 424 Å². The number of carbonyl (C=O) groups excluding carboxylic acids is 7. The standard InChI is InChI=1S/C50H74N12O11/c1-28(2)41(49(73)59-37(20-21-39(63)64)45(69)57-35(19-13-23-54-50(52)53)44(68)56-27-40(65)66)61-46(70)36(18-11-12-22-51)58-48(72)42(29(3)4)62-47(71)38(25-32-26-55-34-17-10-9-16-33(32)34)60-43(67)30(5)24-31-14-7-6-8-15-31/h6-10,14-17,26,28-30,35-38,41-42,55H,11-13,18-25,27,51H2,1-5H3,(H,56,68)(H,57,69)(H,58,72)(H,59,73)(H,60,67)(H,61,70)(H,62,71)(H,63,64)(H,65,66)(H4,52,53,54)/t30-,35-,36-,37-,38-,41-,42-/m0/s1. The summed E-state index contributed by atoms with van der Waals surface area (Å²) < 4.78 is 0. The molecule has 400 valence electrons. The number of rotatable bonds is 32. The first-order chi connectivity index (χ1) is 34.6. The Morgan fingerprint density at radius 2 is 1.10 bits per heavy atom. The summed E-state index contributed by atoms with van der Waals surface area (Å²) in [5.74, 6) is -9.96. The Bertz CT molecular complexity index is 2360. The van der Waals surface area contributed by atoms with E-state index in [2.05, 4.69) is 47.5 Å². The maximum absolute atomic E-state index is 14.3. The molecule has 0 aliphatic rings. The molecule has 0 saturated carbocycles. The summed E-state index contributed by atoms with van der Waals surface area (Å²) >= 11 is 0. The van der Waals surface area contributed by atoms with Gasteiger partial charge in [-0.15, -0.1) is 0 Å². The summed E-state index contributed by atoms with van der Waals surface area (Å²) in [5, 5.41) is 47.6. The highest BCUT2D eigenvalue weighted by Gasteiger charge is 2.36. The van der Waals surface area contributed by atoms with Gasteiger partial charge < -0.3 is 69.2 Å². The van der Waals surface area contributed by atoms with E-state index in [9.17, 15) is 48.3 Å². The molecule has 1 heterocycles. The molecule has 0 bridgehead atoms. The van der Waals surface area contributed by atoms with Crippen LogP contribution in [0.1, 0.15) is 90.7 Å². The third-order valence-corrected chi connectivity index (χ3v) is 11.9. The molecule has 23 heteroatoms. The number of hydrogen-bond donors (Lipinski definition) is 14. The number of amides is 7. The zero-order chi connectivity index (χ0) is 54.2. The average Bonchev–Trinajstić information content (AvgIpc) is 3.75. The van der Waals surface area contributed by atoms with Crippen LogP contribution in [0.5, 0.6) is 0 Å². The molecule has 7 atom stereocenters. The number of carboxylic acid groups (broad SMARTS) is 2. The number of nitrogens with two attached hydrogens (primary N) is 2. The zero-order valence-electron chi connectivity index (χ0n) is 42.2. The number of hydrogen-bond acceptors (Lipinski definition) is 11. The van der Waals surface area contributed by atoms with Crippen LogP contribution in [0.3, 0.4) is 0 Å². The van der Waals surface area contributed by atoms with Gasteiger partial charge in [-0.1, -0.05) is 83.1 Å². The number of guanidine groups is 1. The maximum atomic E-state index is 14.3. The molecule has 0 fully saturated rings. The molecule has 0 saturated heterocycles. The summed E-state index contributed by atoms with van der Waals surface area (Å²) in [6.07, 6.45) is 2.23. The van der Waals surface area contributed by atoms with E-state index in [1.165, 1.54) is 0 Å². The number of aromatic amines is 1. The van der Waals surface area contributed by atoms with Crippen LogP contribution in [0.25, 0.3) is 10.9 Å². The number of nitrogens with one attached hydrogen (secondary N) is 10. The van der Waals surface area contributed by atoms with Gasteiger partial charge in [-0.3, -0.25) is 48.6 Å². The zero-order valence-corrected chi connectivity index (χ0v) is 42.2. The number of benzene rings is 2. The van der Waals surface area contributed by atoms with Gasteiger partial charge in [-0.2, -0.15) is 0 Å². The summed E-state index contributed by atoms with van der Waals surface area (Å²) in [6, 6.07) is 9.10. The van der Waals surface area contributed by atoms with Crippen molar-refractivity contribution in [2.24, 2.45) is 29.2 Å². The third-order valence-electron chi connectivity index (χ3n) is 11.9. The molecular formula is C50H74N12O11. The van der Waals surface area contributed by atoms with E-state index in [1.807, 2.05) is 54.6 Å². The fourth-order valence-corrected chi connectivity index (χ4v) is 7.86. The number of aromatic nitrogens is 1. The van der Waals surface area contributed by atoms with Gasteiger partial charge in [-0.25, -0.2) is 0 Å². The van der Waals surface area contributed by atoms with Crippen molar-refractivity contribution in [3.63, 3.8) is 0 Å². The van der Waals surface area contributed by atoms with Gasteiger partial charge in [-0.05, 0) is 80.5 Å². The van der Waals surface area contributed by atoms with Gasteiger partial charge in [0.2, 0.25) is 41.4 Å². The first-order valence-corrected chi connectivity index (χ1v) is 24.5. The van der Waals surface area contributed by atoms with Crippen LogP contribution in [0.4, 0.5) is 0 Å². The topological polar surface area (TPSA) is 382 Å². The predicted molar refractivity (Wildman–Crippen MR) is 272 cm³/mol. The molecule has 3 aromatic rings. The third kappa shape index (κ3) is 20.6. The van der Waals surface area contributed by atoms with Crippen LogP contribution in [0.15, 0.2) is 60.8 Å². The van der Waals surface area contributed by atoms with Crippen molar-refractivity contribution in [1.29, 1.82) is 5.41 Å². The molecule has 0 aliphatic carbocycles. The largest absolute Gasteiger partial charge is 0.481 e. The second-order valence-electron chi connectivity index (χ2n) is 18.7. The lowest BCUT2D eigenvalue weighted by Crippen LogP contribution is -2.61. The monoisotopic (exact) mass is 1020 g/mol. The first kappa shape index (κ1) is 59.7. The van der Waals surface area contributed by atoms with Gasteiger partial charge >= 0.3 is 11.9 Å². The Morgan fingerprint density at radius 1 is 0.575 bits per heavy atom. The van der Waals surface area contributed by atoms with Crippen molar-refractivity contribution < 1.29 is 53.4 Å². The number of unbranched alkanes of at least 4 members (excludes halogenated alkanes) is 1. The fourth-order valence-electron chi connectivity index (χ4n) is 7.86. The summed E-state index contributed by atoms with van der Waals surface area (Å²) in [7, 11) is 0. The summed E-state index contributed by atoms with van der Waals surface area (Å²) in [6.45, 7) is 8.00. The molecule has 1 aromatic heterocycles. The molecule has 0 spiro atoms. The molecule has 73 heavy (non-hydrogen) atoms. The quantitative estimate of drug-likeness (QED) is 0.0227. The van der Waals surface area contributed by atoms with E-state index < -0.39 is 121 Å². The van der Waals surface area contributed by atoms with Crippen LogP contribution >= 0.6 is 0 Å². The lowest BCUT2D eigenvalue weighted by Gasteiger charge is -2.30. The van der Waals surface area contributed by atoms with Crippen molar-refractivity contribution in [3.8, 4) is 0 Å². The molecule has 0 unspecified atom stereocenters. The Morgan fingerprint density at radius 3 is 1.67 bits per heavy atom. The number of carbonyl (C=O) groups is 9. The molecular weight excluding hydrogens is 945 g/mol. The lowest BCUT2D eigenvalue weighted by atomic mass is 9.97. The van der Waals surface area contributed by atoms with Gasteiger partial charge in [0.25, 0.3) is 0 Å². The lowest BCUT2D eigenvalue weighted by molar-refractivity contribution is -0.139. The molecule has 0 aliphatic heterocycles. The molecule has 3 rings (SSSR count). The normalized spacial score (nSPS) is 14.0. The number of fused-ring (bicyclic) bond motifs is 1. The highest BCUT2D eigenvalue weighted by Crippen LogP contribution is 2.20. The number of aliphatic carboxylic acids is 2. The number of H-pyrrole nitrogens is 1. The minimum Gasteiger partial charge on any atom is -0.481 e. The van der Waals surface area contributed by atoms with Gasteiger partial charge in [0.15, 0.2) is 5.96 Å². The van der Waals surface area contributed by atoms with Gasteiger partial charge in [0, 0.05) is 42.4 Å². The van der Waals surface area contributed by atoms with Gasteiger partial charge in [0.05, 0.1) is 0 Å². The second-order valence-corrected chi connectivity index (χ2v) is 18.7. The predicted octanol–water partition coefficient (Wildman–Crippen LogP) is 0.268. The maximum Gasteiger partial charge on any atom is 0.322 e. The van der Waals surface area contributed by atoms with E-state index in [0.717, 1.165) is 22.0 Å². The Kier molecular flexibility index (Phi) is 24.8. The van der Waals surface area contributed by atoms with E-state index in [-0.39, 0.29) is 50.6 Å². The number of para-hydroxylation sites is 1. The average molecular weight is 1020 g/mol. The molecule has 16 N–H and O–H groups in total. The molecule has 23 nitrogen and oxygen atoms in total. The number of carboxylic acids is 2. The highest BCUT2D eigenvalue weighted by atomic mass is 16.4. The Hall–Kier alpha value is -7.56. The molecule has 7 amide bonds. The van der Waals surface area contributed by atoms with Crippen LogP contribution < -0.4 is 54.0 Å². The van der Waals surface area contributed by atoms with Crippen LogP contribution in [-0.4, -0.2) is 130 Å². The van der Waals surface area contributed by atoms with E-state index in [0.29, 0.717) is 19.3 Å². The van der Waals surface area contributed by atoms with E-state index in [4.69, 9.17) is 22.0 Å². The van der Waals surface area contributed by atoms with Crippen molar-refractivity contribution in [2.75, 3.05) is 19.6 Å². The second kappa shape index (κ2) is 30.4. The Balaban J connectivity index is 1.85. The van der Waals surface area contributed by atoms with Crippen molar-refractivity contribution in [2.45, 2.75) is 129 Å². The summed E-state index contributed by atoms with van der Waals surface area (Å²) in [4.78, 5) is 123. The first-order valence-electron chi connectivity index (χ1n) is 24.5. The van der Waals surface area contributed by atoms with Crippen molar-refractivity contribution in [1.82, 2.24) is 47.5 Å². The smallest absolute Gasteiger partial charge is 0.322 e. The molecule has 2 aromatic carbocycles. The van der Waals surface area contributed by atoms with Crippen LogP contribution in [0, 0.1) is 23.2 Å². The summed E-state index contributed by atoms with van der Waals surface area (Å²) in [5.41, 5.74) is 13.6. The SMILES string of the molecule is CC(C)[C@H](NC(=O)[C@H](CCCCN)NC(=O)[C@@H](NC(=O)[C@H](Cc1c[nH]c2ccccc12)NC(=O)[C@@H](C)Cc1ccccc1)C(C)C)C(=O)N[C@@H](CCC(=O)O)C(=O)N[C@@H](CCCNC(=N)N)C(=O)NCC(=O)O. The highest BCUT2D eigenvalue weighted by molar-refractivity contribution is 5.98. The minimum absolute atomic E-state index is 0.0649. The van der Waals surface area contributed by atoms with Crippen molar-refractivity contribution >= 4 is 70.2 Å². The molecule has 0 radical (unpaired) electrons. The van der Waals surface area contributed by atoms with Crippen molar-refractivity contribution in [3.05, 3.63) is 71.9 Å². The van der Waals surface area contributed by atoms with Crippen LogP contribution in [-0.2, 0) is 56.0 Å². The van der Waals surface area contributed by atoms with E-state index >= 15 is 0 Å². The van der Waals surface area contributed by atoms with E-state index in [1.54, 1.807) is 40.8 Å².